The van der Waals surface area contributed by atoms with E-state index >= 15 is 0 Å². The molecule has 1 saturated heterocycles. The number of nitrogens with one attached hydrogen (secondary N) is 1. The molecule has 18 heavy (non-hydrogen) atoms. The Kier molecular flexibility index (Phi) is 3.52. The average Bonchev–Trinajstić information content (AvgIpc) is 2.39. The summed E-state index contributed by atoms with van der Waals surface area (Å²) < 4.78 is 6.13. The van der Waals surface area contributed by atoms with E-state index in [4.69, 9.17) is 4.74 Å². The van der Waals surface area contributed by atoms with Crippen molar-refractivity contribution < 1.29 is 4.74 Å². The van der Waals surface area contributed by atoms with Crippen LogP contribution in [-0.4, -0.2) is 37.7 Å². The van der Waals surface area contributed by atoms with Gasteiger partial charge in [0.15, 0.2) is 0 Å². The van der Waals surface area contributed by atoms with Gasteiger partial charge in [0.25, 0.3) is 0 Å². The second-order valence-corrected chi connectivity index (χ2v) is 5.50. The van der Waals surface area contributed by atoms with E-state index in [0.29, 0.717) is 6.10 Å². The molecular weight excluding hydrogens is 224 g/mol. The number of hydrogen-bond donors (Lipinski definition) is 1. The molecule has 0 aromatic heterocycles. The molecule has 0 spiro atoms. The maximum atomic E-state index is 6.13. The Morgan fingerprint density at radius 2 is 2.28 bits per heavy atom. The lowest BCUT2D eigenvalue weighted by Crippen LogP contribution is -2.38. The Balaban J connectivity index is 1.69. The topological polar surface area (TPSA) is 24.5 Å². The molecule has 0 saturated carbocycles. The van der Waals surface area contributed by atoms with Gasteiger partial charge in [0, 0.05) is 13.1 Å². The highest BCUT2D eigenvalue weighted by Gasteiger charge is 2.19. The summed E-state index contributed by atoms with van der Waals surface area (Å²) in [5.41, 5.74) is 2.88. The minimum atomic E-state index is 0.364. The zero-order valence-electron chi connectivity index (χ0n) is 11.1. The predicted molar refractivity (Wildman–Crippen MR) is 73.0 cm³/mol. The first-order chi connectivity index (χ1) is 8.81. The number of likely N-dealkylation sites (tertiary alicyclic amines) is 1. The maximum Gasteiger partial charge on any atom is 0.120 e. The summed E-state index contributed by atoms with van der Waals surface area (Å²) in [4.78, 5) is 2.36. The summed E-state index contributed by atoms with van der Waals surface area (Å²) in [5.74, 6) is 1.05. The minimum Gasteiger partial charge on any atom is -0.489 e. The molecule has 2 aliphatic heterocycles. The summed E-state index contributed by atoms with van der Waals surface area (Å²) in [5, 5.41) is 3.40. The van der Waals surface area contributed by atoms with Crippen molar-refractivity contribution in [3.63, 3.8) is 0 Å². The van der Waals surface area contributed by atoms with Crippen LogP contribution in [-0.2, 0) is 13.0 Å². The van der Waals surface area contributed by atoms with E-state index in [-0.39, 0.29) is 0 Å². The summed E-state index contributed by atoms with van der Waals surface area (Å²) >= 11 is 0. The van der Waals surface area contributed by atoms with Crippen molar-refractivity contribution in [2.45, 2.75) is 31.9 Å². The number of benzene rings is 1. The van der Waals surface area contributed by atoms with Gasteiger partial charge < -0.3 is 15.0 Å². The molecule has 1 unspecified atom stereocenters. The molecule has 1 fully saturated rings. The zero-order valence-corrected chi connectivity index (χ0v) is 11.1. The summed E-state index contributed by atoms with van der Waals surface area (Å²) in [6.45, 7) is 4.35. The molecule has 3 rings (SSSR count). The van der Waals surface area contributed by atoms with Gasteiger partial charge in [-0.3, -0.25) is 0 Å². The van der Waals surface area contributed by atoms with E-state index in [1.165, 1.54) is 30.5 Å². The largest absolute Gasteiger partial charge is 0.489 e. The molecule has 2 heterocycles. The van der Waals surface area contributed by atoms with Crippen molar-refractivity contribution in [2.75, 3.05) is 26.7 Å². The monoisotopic (exact) mass is 246 g/mol. The van der Waals surface area contributed by atoms with Gasteiger partial charge in [-0.05, 0) is 62.7 Å². The van der Waals surface area contributed by atoms with E-state index in [2.05, 4.69) is 35.5 Å². The molecule has 1 aromatic rings. The van der Waals surface area contributed by atoms with Gasteiger partial charge in [-0.25, -0.2) is 0 Å². The number of ether oxygens (including phenoxy) is 1. The zero-order chi connectivity index (χ0) is 12.4. The van der Waals surface area contributed by atoms with Gasteiger partial charge in [-0.2, -0.15) is 0 Å². The van der Waals surface area contributed by atoms with E-state index in [1.54, 1.807) is 0 Å². The summed E-state index contributed by atoms with van der Waals surface area (Å²) in [7, 11) is 2.17. The fourth-order valence-corrected chi connectivity index (χ4v) is 2.93. The first-order valence-corrected chi connectivity index (χ1v) is 6.99. The number of hydrogen-bond acceptors (Lipinski definition) is 3. The van der Waals surface area contributed by atoms with Gasteiger partial charge >= 0.3 is 0 Å². The molecule has 0 amide bonds. The van der Waals surface area contributed by atoms with Crippen LogP contribution in [0.1, 0.15) is 24.0 Å². The third-order valence-corrected chi connectivity index (χ3v) is 3.95. The Hall–Kier alpha value is -1.06. The van der Waals surface area contributed by atoms with Gasteiger partial charge in [0.05, 0.1) is 0 Å². The number of rotatable bonds is 2. The Bertz CT molecular complexity index is 419. The molecule has 0 radical (unpaired) electrons. The van der Waals surface area contributed by atoms with Crippen molar-refractivity contribution in [3.05, 3.63) is 29.3 Å². The number of nitrogens with zero attached hydrogens (tertiary/aromatic N) is 1. The van der Waals surface area contributed by atoms with Crippen molar-refractivity contribution >= 4 is 0 Å². The molecule has 3 nitrogen and oxygen atoms in total. The average molecular weight is 246 g/mol. The number of fused-ring (bicyclic) bond motifs is 1. The van der Waals surface area contributed by atoms with Crippen molar-refractivity contribution in [1.82, 2.24) is 10.2 Å². The highest BCUT2D eigenvalue weighted by molar-refractivity contribution is 5.37. The van der Waals surface area contributed by atoms with Gasteiger partial charge in [-0.15, -0.1) is 0 Å². The molecule has 2 aliphatic rings. The van der Waals surface area contributed by atoms with Crippen molar-refractivity contribution in [2.24, 2.45) is 0 Å². The van der Waals surface area contributed by atoms with Crippen LogP contribution >= 0.6 is 0 Å². The molecule has 1 atom stereocenters. The van der Waals surface area contributed by atoms with Crippen LogP contribution in [0.5, 0.6) is 5.75 Å². The normalized spacial score (nSPS) is 24.6. The lowest BCUT2D eigenvalue weighted by Gasteiger charge is -2.30. The molecule has 1 N–H and O–H groups in total. The van der Waals surface area contributed by atoms with Gasteiger partial charge in [0.1, 0.15) is 11.9 Å². The molecule has 0 bridgehead atoms. The van der Waals surface area contributed by atoms with Crippen LogP contribution in [0.25, 0.3) is 0 Å². The van der Waals surface area contributed by atoms with Crippen LogP contribution in [0.15, 0.2) is 18.2 Å². The lowest BCUT2D eigenvalue weighted by molar-refractivity contribution is 0.104. The van der Waals surface area contributed by atoms with E-state index in [0.717, 1.165) is 31.8 Å². The quantitative estimate of drug-likeness (QED) is 0.861. The highest BCUT2D eigenvalue weighted by atomic mass is 16.5. The lowest BCUT2D eigenvalue weighted by atomic mass is 10.0. The molecule has 0 aliphatic carbocycles. The minimum absolute atomic E-state index is 0.364. The second-order valence-electron chi connectivity index (χ2n) is 5.50. The van der Waals surface area contributed by atoms with Gasteiger partial charge in [0.2, 0.25) is 0 Å². The first kappa shape index (κ1) is 12.0. The smallest absolute Gasteiger partial charge is 0.120 e. The standard InChI is InChI=1S/C15H22N2O/c1-17-8-2-3-15(11-17)18-14-5-4-13-10-16-7-6-12(13)9-14/h4-5,9,15-16H,2-3,6-8,10-11H2,1H3. The Morgan fingerprint density at radius 1 is 1.33 bits per heavy atom. The first-order valence-electron chi connectivity index (χ1n) is 6.99. The van der Waals surface area contributed by atoms with Crippen LogP contribution in [0, 0.1) is 0 Å². The third-order valence-electron chi connectivity index (χ3n) is 3.95. The number of likely N-dealkylation sites (N-methyl/N-ethyl adjacent to an activating group) is 1. The molecule has 3 heteroatoms. The van der Waals surface area contributed by atoms with Crippen molar-refractivity contribution in [3.8, 4) is 5.75 Å². The van der Waals surface area contributed by atoms with E-state index in [9.17, 15) is 0 Å². The van der Waals surface area contributed by atoms with Crippen LogP contribution in [0.4, 0.5) is 0 Å². The summed E-state index contributed by atoms with van der Waals surface area (Å²) in [6, 6.07) is 6.58. The predicted octanol–water partition coefficient (Wildman–Crippen LogP) is 1.81. The SMILES string of the molecule is CN1CCCC(Oc2ccc3c(c2)CCNC3)C1. The van der Waals surface area contributed by atoms with Crippen LogP contribution in [0.2, 0.25) is 0 Å². The molecule has 1 aromatic carbocycles. The van der Waals surface area contributed by atoms with Crippen molar-refractivity contribution in [1.29, 1.82) is 0 Å². The van der Waals surface area contributed by atoms with Crippen LogP contribution in [0.3, 0.4) is 0 Å². The molecule has 98 valence electrons. The Morgan fingerprint density at radius 3 is 3.17 bits per heavy atom. The number of piperidine rings is 1. The second kappa shape index (κ2) is 5.29. The van der Waals surface area contributed by atoms with E-state index < -0.39 is 0 Å². The fourth-order valence-electron chi connectivity index (χ4n) is 2.93. The van der Waals surface area contributed by atoms with Gasteiger partial charge in [-0.1, -0.05) is 6.07 Å². The van der Waals surface area contributed by atoms with E-state index in [1.807, 2.05) is 0 Å². The maximum absolute atomic E-state index is 6.13. The fraction of sp³-hybridized carbons (Fsp3) is 0.600. The summed E-state index contributed by atoms with van der Waals surface area (Å²) in [6.07, 6.45) is 3.92. The highest BCUT2D eigenvalue weighted by Crippen LogP contribution is 2.23. The molecular formula is C15H22N2O. The third kappa shape index (κ3) is 2.68. The Labute approximate surface area is 109 Å². The van der Waals surface area contributed by atoms with Crippen LogP contribution < -0.4 is 10.1 Å².